The van der Waals surface area contributed by atoms with Crippen LogP contribution in [0.15, 0.2) is 60.9 Å². The van der Waals surface area contributed by atoms with Gasteiger partial charge in [0.05, 0.1) is 6.61 Å². The Kier molecular flexibility index (Phi) is 11.0. The van der Waals surface area contributed by atoms with E-state index in [2.05, 4.69) is 39.3 Å². The second-order valence-electron chi connectivity index (χ2n) is 10.5. The Morgan fingerprint density at radius 1 is 0.950 bits per heavy atom. The van der Waals surface area contributed by atoms with Crippen molar-refractivity contribution in [2.45, 2.75) is 46.3 Å². The van der Waals surface area contributed by atoms with Crippen molar-refractivity contribution in [3.05, 3.63) is 66.5 Å². The number of rotatable bonds is 13. The van der Waals surface area contributed by atoms with Crippen molar-refractivity contribution in [1.82, 2.24) is 20.2 Å². The second kappa shape index (κ2) is 14.4. The summed E-state index contributed by atoms with van der Waals surface area (Å²) < 4.78 is 11.0. The minimum Gasteiger partial charge on any atom is -0.492 e. The highest BCUT2D eigenvalue weighted by Crippen LogP contribution is 2.21. The molecule has 1 amide bonds. The van der Waals surface area contributed by atoms with Crippen LogP contribution in [0, 0.1) is 0 Å². The van der Waals surface area contributed by atoms with Crippen LogP contribution < -0.4 is 15.4 Å². The van der Waals surface area contributed by atoms with Crippen molar-refractivity contribution in [3.63, 3.8) is 0 Å². The maximum atomic E-state index is 12.4. The Balaban J connectivity index is 1.49. The maximum absolute atomic E-state index is 12.4. The molecular formula is C30H39N5O5. The van der Waals surface area contributed by atoms with Crippen LogP contribution in [0.5, 0.6) is 5.75 Å². The summed E-state index contributed by atoms with van der Waals surface area (Å²) in [5.74, 6) is 0.364. The molecule has 0 aliphatic heterocycles. The highest BCUT2D eigenvalue weighted by atomic mass is 16.6. The zero-order chi connectivity index (χ0) is 29.1. The molecule has 0 aliphatic rings. The summed E-state index contributed by atoms with van der Waals surface area (Å²) in [6, 6.07) is 14.9. The average molecular weight is 550 g/mol. The van der Waals surface area contributed by atoms with Crippen LogP contribution in [0.1, 0.15) is 45.0 Å². The number of hydrogen-bond donors (Lipinski definition) is 3. The predicted octanol–water partition coefficient (Wildman–Crippen LogP) is 4.04. The molecule has 1 heterocycles. The highest BCUT2D eigenvalue weighted by molar-refractivity contribution is 5.96. The van der Waals surface area contributed by atoms with E-state index in [1.807, 2.05) is 24.3 Å². The van der Waals surface area contributed by atoms with Gasteiger partial charge in [0.15, 0.2) is 0 Å². The quantitative estimate of drug-likeness (QED) is 0.271. The molecule has 0 fully saturated rings. The molecule has 3 aromatic rings. The Bertz CT molecular complexity index is 1220. The lowest BCUT2D eigenvalue weighted by molar-refractivity contribution is -0.153. The predicted molar refractivity (Wildman–Crippen MR) is 155 cm³/mol. The normalized spacial score (nSPS) is 11.4. The number of carbonyl (C=O) groups is 2. The van der Waals surface area contributed by atoms with E-state index in [9.17, 15) is 14.7 Å². The molecule has 10 nitrogen and oxygen atoms in total. The number of aromatic nitrogens is 2. The van der Waals surface area contributed by atoms with E-state index in [4.69, 9.17) is 9.47 Å². The van der Waals surface area contributed by atoms with Crippen LogP contribution >= 0.6 is 0 Å². The number of amides is 1. The first-order valence-electron chi connectivity index (χ1n) is 13.3. The van der Waals surface area contributed by atoms with Crippen LogP contribution in [-0.2, 0) is 9.53 Å². The van der Waals surface area contributed by atoms with E-state index in [-0.39, 0.29) is 19.1 Å². The van der Waals surface area contributed by atoms with Crippen molar-refractivity contribution in [3.8, 4) is 16.9 Å². The van der Waals surface area contributed by atoms with Crippen LogP contribution in [-0.4, -0.2) is 76.3 Å². The minimum atomic E-state index is -0.603. The molecular weight excluding hydrogens is 510 g/mol. The molecule has 0 spiro atoms. The van der Waals surface area contributed by atoms with Gasteiger partial charge in [-0.3, -0.25) is 14.5 Å². The molecule has 3 rings (SSSR count). The van der Waals surface area contributed by atoms with E-state index in [0.717, 1.165) is 29.1 Å². The van der Waals surface area contributed by atoms with Gasteiger partial charge in [-0.1, -0.05) is 12.1 Å². The largest absolute Gasteiger partial charge is 0.492 e. The van der Waals surface area contributed by atoms with Gasteiger partial charge in [-0.25, -0.2) is 9.97 Å². The molecule has 1 aromatic heterocycles. The van der Waals surface area contributed by atoms with Crippen molar-refractivity contribution in [2.24, 2.45) is 0 Å². The fraction of sp³-hybridized carbons (Fsp3) is 0.400. The molecule has 0 saturated heterocycles. The number of ether oxygens (including phenoxy) is 2. The summed E-state index contributed by atoms with van der Waals surface area (Å²) in [4.78, 5) is 35.1. The second-order valence-corrected chi connectivity index (χ2v) is 10.5. The lowest BCUT2D eigenvalue weighted by Gasteiger charge is -2.25. The molecule has 0 saturated carbocycles. The van der Waals surface area contributed by atoms with Crippen LogP contribution in [0.25, 0.3) is 11.1 Å². The number of benzene rings is 2. The lowest BCUT2D eigenvalue weighted by atomic mass is 10.1. The van der Waals surface area contributed by atoms with Crippen LogP contribution in [0.4, 0.5) is 11.6 Å². The van der Waals surface area contributed by atoms with Crippen LogP contribution in [0.2, 0.25) is 0 Å². The summed E-state index contributed by atoms with van der Waals surface area (Å²) in [5, 5.41) is 14.9. The van der Waals surface area contributed by atoms with Gasteiger partial charge in [-0.05, 0) is 76.6 Å². The third-order valence-corrected chi connectivity index (χ3v) is 5.82. The number of anilines is 2. The Labute approximate surface area is 235 Å². The van der Waals surface area contributed by atoms with Crippen LogP contribution in [0.3, 0.4) is 0 Å². The SMILES string of the molecule is CC(C)N(CCO)CCOc1ccc(Nc2ncc(-c3ccc(C(=O)NCC(=O)OC(C)(C)C)cc3)cn2)cc1. The zero-order valence-electron chi connectivity index (χ0n) is 23.8. The summed E-state index contributed by atoms with van der Waals surface area (Å²) in [6.45, 7) is 11.3. The molecule has 10 heteroatoms. The van der Waals surface area contributed by atoms with Crippen molar-refractivity contribution in [1.29, 1.82) is 0 Å². The number of carbonyl (C=O) groups excluding carboxylic acids is 2. The van der Waals surface area contributed by atoms with Crippen molar-refractivity contribution >= 4 is 23.5 Å². The molecule has 40 heavy (non-hydrogen) atoms. The van der Waals surface area contributed by atoms with Gasteiger partial charge >= 0.3 is 5.97 Å². The molecule has 214 valence electrons. The van der Waals surface area contributed by atoms with Gasteiger partial charge < -0.3 is 25.2 Å². The molecule has 0 aliphatic carbocycles. The summed E-state index contributed by atoms with van der Waals surface area (Å²) in [7, 11) is 0. The highest BCUT2D eigenvalue weighted by Gasteiger charge is 2.17. The Morgan fingerprint density at radius 3 is 2.17 bits per heavy atom. The molecule has 0 radical (unpaired) electrons. The number of hydrogen-bond acceptors (Lipinski definition) is 9. The van der Waals surface area contributed by atoms with Gasteiger partial charge in [-0.15, -0.1) is 0 Å². The van der Waals surface area contributed by atoms with E-state index in [1.54, 1.807) is 57.4 Å². The monoisotopic (exact) mass is 549 g/mol. The number of nitrogens with zero attached hydrogens (tertiary/aromatic N) is 3. The van der Waals surface area contributed by atoms with Gasteiger partial charge in [0.25, 0.3) is 5.91 Å². The maximum Gasteiger partial charge on any atom is 0.325 e. The number of nitrogens with one attached hydrogen (secondary N) is 2. The number of esters is 1. The summed E-state index contributed by atoms with van der Waals surface area (Å²) in [5.41, 5.74) is 2.30. The van der Waals surface area contributed by atoms with Gasteiger partial charge in [0.1, 0.15) is 24.5 Å². The van der Waals surface area contributed by atoms with Crippen molar-refractivity contribution in [2.75, 3.05) is 38.2 Å². The average Bonchev–Trinajstić information content (AvgIpc) is 2.92. The van der Waals surface area contributed by atoms with E-state index >= 15 is 0 Å². The zero-order valence-corrected chi connectivity index (χ0v) is 23.8. The number of aliphatic hydroxyl groups excluding tert-OH is 1. The molecule has 0 atom stereocenters. The standard InChI is InChI=1S/C30H39N5O5/c1-21(2)35(14-16-36)15-17-39-26-12-10-25(11-13-26)34-29-32-18-24(19-33-29)22-6-8-23(9-7-22)28(38)31-20-27(37)40-30(3,4)5/h6-13,18-19,21,36H,14-17,20H2,1-5H3,(H,31,38)(H,32,33,34). The van der Waals surface area contributed by atoms with Gasteiger partial charge in [0, 0.05) is 48.3 Å². The Hall–Kier alpha value is -4.02. The fourth-order valence-corrected chi connectivity index (χ4v) is 3.79. The fourth-order valence-electron chi connectivity index (χ4n) is 3.79. The Morgan fingerprint density at radius 2 is 1.60 bits per heavy atom. The van der Waals surface area contributed by atoms with Crippen molar-refractivity contribution < 1.29 is 24.2 Å². The first-order chi connectivity index (χ1) is 19.0. The minimum absolute atomic E-state index is 0.130. The first kappa shape index (κ1) is 30.5. The smallest absolute Gasteiger partial charge is 0.325 e. The van der Waals surface area contributed by atoms with E-state index in [0.29, 0.717) is 30.7 Å². The summed E-state index contributed by atoms with van der Waals surface area (Å²) in [6.07, 6.45) is 3.41. The summed E-state index contributed by atoms with van der Waals surface area (Å²) >= 11 is 0. The van der Waals surface area contributed by atoms with E-state index < -0.39 is 11.6 Å². The topological polar surface area (TPSA) is 126 Å². The van der Waals surface area contributed by atoms with Gasteiger partial charge in [0.2, 0.25) is 5.95 Å². The first-order valence-corrected chi connectivity index (χ1v) is 13.3. The van der Waals surface area contributed by atoms with E-state index in [1.165, 1.54) is 0 Å². The number of aliphatic hydroxyl groups is 1. The van der Waals surface area contributed by atoms with Gasteiger partial charge in [-0.2, -0.15) is 0 Å². The molecule has 0 unspecified atom stereocenters. The molecule has 0 bridgehead atoms. The molecule has 2 aromatic carbocycles. The third-order valence-electron chi connectivity index (χ3n) is 5.82. The lowest BCUT2D eigenvalue weighted by Crippen LogP contribution is -2.36. The molecule has 3 N–H and O–H groups in total. The third kappa shape index (κ3) is 9.94.